The van der Waals surface area contributed by atoms with Crippen molar-refractivity contribution in [1.29, 1.82) is 0 Å². The molecule has 0 aromatic heterocycles. The van der Waals surface area contributed by atoms with Crippen LogP contribution in [-0.4, -0.2) is 23.9 Å². The fourth-order valence-corrected chi connectivity index (χ4v) is 1.28. The molecule has 0 atom stereocenters. The smallest absolute Gasteiger partial charge is 0.358 e. The first-order valence-electron chi connectivity index (χ1n) is 5.61. The van der Waals surface area contributed by atoms with Crippen molar-refractivity contribution in [3.63, 3.8) is 0 Å². The van der Waals surface area contributed by atoms with Gasteiger partial charge < -0.3 is 15.6 Å². The fourth-order valence-electron chi connectivity index (χ4n) is 1.28. The molecule has 3 N–H and O–H groups in total. The molecule has 0 aliphatic carbocycles. The van der Waals surface area contributed by atoms with Gasteiger partial charge in [-0.1, -0.05) is 0 Å². The fraction of sp³-hybridized carbons (Fsp3) is 0.231. The predicted octanol–water partition coefficient (Wildman–Crippen LogP) is 2.13. The number of benzene rings is 1. The highest BCUT2D eigenvalue weighted by Gasteiger charge is 2.10. The summed E-state index contributed by atoms with van der Waals surface area (Å²) in [5.74, 6) is -1.69. The summed E-state index contributed by atoms with van der Waals surface area (Å²) < 4.78 is 17.5. The van der Waals surface area contributed by atoms with Crippen LogP contribution in [0.5, 0.6) is 0 Å². The van der Waals surface area contributed by atoms with E-state index in [1.54, 1.807) is 13.8 Å². The standard InChI is InChI=1S/C13H15FN2O3/c1-3-19-13(18)12(15)11(17)7-16-10-5-4-9(14)6-8(10)2/h4-7,17H,3,15H2,1-2H3. The average Bonchev–Trinajstić information content (AvgIpc) is 2.36. The number of allylic oxidation sites excluding steroid dienone is 1. The van der Waals surface area contributed by atoms with Gasteiger partial charge in [0.1, 0.15) is 5.82 Å². The van der Waals surface area contributed by atoms with Crippen LogP contribution in [0.1, 0.15) is 12.5 Å². The van der Waals surface area contributed by atoms with Gasteiger partial charge in [-0.25, -0.2) is 9.18 Å². The highest BCUT2D eigenvalue weighted by Crippen LogP contribution is 2.18. The summed E-state index contributed by atoms with van der Waals surface area (Å²) in [6.07, 6.45) is 1.02. The number of hydrogen-bond acceptors (Lipinski definition) is 5. The molecule has 0 amide bonds. The lowest BCUT2D eigenvalue weighted by atomic mass is 10.2. The number of aliphatic hydroxyl groups is 1. The Morgan fingerprint density at radius 3 is 2.84 bits per heavy atom. The lowest BCUT2D eigenvalue weighted by Crippen LogP contribution is -2.17. The zero-order valence-electron chi connectivity index (χ0n) is 10.7. The number of esters is 1. The molecule has 0 saturated heterocycles. The summed E-state index contributed by atoms with van der Waals surface area (Å²) in [6, 6.07) is 4.01. The van der Waals surface area contributed by atoms with E-state index in [0.29, 0.717) is 11.3 Å². The Morgan fingerprint density at radius 1 is 1.58 bits per heavy atom. The first-order valence-corrected chi connectivity index (χ1v) is 5.61. The van der Waals surface area contributed by atoms with E-state index in [0.717, 1.165) is 6.21 Å². The van der Waals surface area contributed by atoms with Crippen LogP contribution in [0.4, 0.5) is 10.1 Å². The third-order valence-electron chi connectivity index (χ3n) is 2.26. The molecule has 102 valence electrons. The van der Waals surface area contributed by atoms with E-state index < -0.39 is 17.4 Å². The molecule has 0 heterocycles. The maximum absolute atomic E-state index is 12.9. The Hall–Kier alpha value is -2.37. The zero-order chi connectivity index (χ0) is 14.4. The Kier molecular flexibility index (Phi) is 5.05. The SMILES string of the molecule is CCOC(=O)C(N)=C(O)C=Nc1ccc(F)cc1C. The summed E-state index contributed by atoms with van der Waals surface area (Å²) in [6.45, 7) is 3.45. The second kappa shape index (κ2) is 6.53. The van der Waals surface area contributed by atoms with Crippen LogP contribution < -0.4 is 5.73 Å². The Morgan fingerprint density at radius 2 is 2.26 bits per heavy atom. The molecule has 0 radical (unpaired) electrons. The Labute approximate surface area is 110 Å². The monoisotopic (exact) mass is 266 g/mol. The van der Waals surface area contributed by atoms with Crippen molar-refractivity contribution in [2.45, 2.75) is 13.8 Å². The molecule has 0 fully saturated rings. The van der Waals surface area contributed by atoms with Gasteiger partial charge in [-0.05, 0) is 37.6 Å². The number of carbonyl (C=O) groups excluding carboxylic acids is 1. The van der Waals surface area contributed by atoms with Crippen molar-refractivity contribution in [3.8, 4) is 0 Å². The van der Waals surface area contributed by atoms with Crippen molar-refractivity contribution in [2.24, 2.45) is 10.7 Å². The normalized spacial score (nSPS) is 12.4. The number of carbonyl (C=O) groups is 1. The van der Waals surface area contributed by atoms with Gasteiger partial charge in [0.05, 0.1) is 18.5 Å². The van der Waals surface area contributed by atoms with Crippen LogP contribution >= 0.6 is 0 Å². The quantitative estimate of drug-likeness (QED) is 0.378. The van der Waals surface area contributed by atoms with Crippen molar-refractivity contribution >= 4 is 17.9 Å². The number of ether oxygens (including phenoxy) is 1. The zero-order valence-corrected chi connectivity index (χ0v) is 10.7. The first kappa shape index (κ1) is 14.7. The molecule has 19 heavy (non-hydrogen) atoms. The van der Waals surface area contributed by atoms with Gasteiger partial charge in [0.25, 0.3) is 0 Å². The van der Waals surface area contributed by atoms with Crippen LogP contribution in [0.15, 0.2) is 34.6 Å². The van der Waals surface area contributed by atoms with Crippen LogP contribution in [0.3, 0.4) is 0 Å². The first-order chi connectivity index (χ1) is 8.95. The molecule has 0 unspecified atom stereocenters. The molecular weight excluding hydrogens is 251 g/mol. The van der Waals surface area contributed by atoms with E-state index in [-0.39, 0.29) is 12.4 Å². The van der Waals surface area contributed by atoms with Gasteiger partial charge in [0.2, 0.25) is 0 Å². The molecule has 5 nitrogen and oxygen atoms in total. The molecule has 0 spiro atoms. The van der Waals surface area contributed by atoms with E-state index in [1.165, 1.54) is 18.2 Å². The highest BCUT2D eigenvalue weighted by molar-refractivity contribution is 5.94. The number of rotatable bonds is 4. The number of nitrogens with zero attached hydrogens (tertiary/aromatic N) is 1. The largest absolute Gasteiger partial charge is 0.504 e. The second-order valence-electron chi connectivity index (χ2n) is 3.71. The summed E-state index contributed by atoms with van der Waals surface area (Å²) in [7, 11) is 0. The van der Waals surface area contributed by atoms with Crippen molar-refractivity contribution < 1.29 is 19.0 Å². The molecule has 1 rings (SSSR count). The van der Waals surface area contributed by atoms with E-state index in [1.807, 2.05) is 0 Å². The molecule has 6 heteroatoms. The van der Waals surface area contributed by atoms with Gasteiger partial charge in [-0.2, -0.15) is 0 Å². The average molecular weight is 266 g/mol. The predicted molar refractivity (Wildman–Crippen MR) is 69.8 cm³/mol. The molecule has 1 aromatic carbocycles. The number of aliphatic hydroxyl groups excluding tert-OH is 1. The molecule has 0 aliphatic rings. The summed E-state index contributed by atoms with van der Waals surface area (Å²) in [5.41, 5.74) is 6.01. The maximum Gasteiger partial charge on any atom is 0.358 e. The van der Waals surface area contributed by atoms with Crippen LogP contribution in [0.25, 0.3) is 0 Å². The van der Waals surface area contributed by atoms with E-state index in [4.69, 9.17) is 5.73 Å². The van der Waals surface area contributed by atoms with Crippen LogP contribution in [0, 0.1) is 12.7 Å². The lowest BCUT2D eigenvalue weighted by molar-refractivity contribution is -0.138. The molecular formula is C13H15FN2O3. The van der Waals surface area contributed by atoms with Gasteiger partial charge >= 0.3 is 5.97 Å². The van der Waals surface area contributed by atoms with Crippen molar-refractivity contribution in [2.75, 3.05) is 6.61 Å². The minimum absolute atomic E-state index is 0.154. The van der Waals surface area contributed by atoms with E-state index >= 15 is 0 Å². The third kappa shape index (κ3) is 4.09. The van der Waals surface area contributed by atoms with E-state index in [2.05, 4.69) is 9.73 Å². The number of halogens is 1. The van der Waals surface area contributed by atoms with E-state index in [9.17, 15) is 14.3 Å². The van der Waals surface area contributed by atoms with Crippen molar-refractivity contribution in [1.82, 2.24) is 0 Å². The Bertz CT molecular complexity index is 539. The maximum atomic E-state index is 12.9. The topological polar surface area (TPSA) is 84.9 Å². The number of aryl methyl sites for hydroxylation is 1. The highest BCUT2D eigenvalue weighted by atomic mass is 19.1. The third-order valence-corrected chi connectivity index (χ3v) is 2.26. The number of hydrogen-bond donors (Lipinski definition) is 2. The molecule has 0 aliphatic heterocycles. The number of aliphatic imine (C=N–C) groups is 1. The summed E-state index contributed by atoms with van der Waals surface area (Å²) >= 11 is 0. The lowest BCUT2D eigenvalue weighted by Gasteiger charge is -2.03. The summed E-state index contributed by atoms with van der Waals surface area (Å²) in [4.78, 5) is 15.2. The van der Waals surface area contributed by atoms with Crippen LogP contribution in [0.2, 0.25) is 0 Å². The molecule has 1 aromatic rings. The Balaban J connectivity index is 2.91. The van der Waals surface area contributed by atoms with Gasteiger partial charge in [-0.15, -0.1) is 0 Å². The summed E-state index contributed by atoms with van der Waals surface area (Å²) in [5, 5.41) is 9.55. The van der Waals surface area contributed by atoms with Gasteiger partial charge in [-0.3, -0.25) is 4.99 Å². The van der Waals surface area contributed by atoms with Crippen molar-refractivity contribution in [3.05, 3.63) is 41.0 Å². The van der Waals surface area contributed by atoms with Crippen LogP contribution in [-0.2, 0) is 9.53 Å². The molecule has 0 bridgehead atoms. The molecule has 0 saturated carbocycles. The van der Waals surface area contributed by atoms with Gasteiger partial charge in [0, 0.05) is 0 Å². The minimum atomic E-state index is -0.817. The second-order valence-corrected chi connectivity index (χ2v) is 3.71. The number of nitrogens with two attached hydrogens (primary N) is 1. The minimum Gasteiger partial charge on any atom is -0.504 e. The van der Waals surface area contributed by atoms with Gasteiger partial charge in [0.15, 0.2) is 11.5 Å².